The van der Waals surface area contributed by atoms with E-state index in [4.69, 9.17) is 9.47 Å². The maximum Gasteiger partial charge on any atom is 0.338 e. The van der Waals surface area contributed by atoms with Gasteiger partial charge in [0.25, 0.3) is 5.91 Å². The minimum atomic E-state index is -0.387. The number of benzene rings is 1. The van der Waals surface area contributed by atoms with Crippen LogP contribution in [0.2, 0.25) is 0 Å². The van der Waals surface area contributed by atoms with Crippen LogP contribution in [0.15, 0.2) is 53.2 Å². The molecule has 0 saturated carbocycles. The highest BCUT2D eigenvalue weighted by Gasteiger charge is 2.18. The van der Waals surface area contributed by atoms with E-state index < -0.39 is 0 Å². The Morgan fingerprint density at radius 3 is 2.63 bits per heavy atom. The largest absolute Gasteiger partial charge is 0.484 e. The number of rotatable bonds is 7. The van der Waals surface area contributed by atoms with Crippen LogP contribution in [-0.4, -0.2) is 30.8 Å². The van der Waals surface area contributed by atoms with Crippen molar-refractivity contribution < 1.29 is 19.1 Å². The summed E-state index contributed by atoms with van der Waals surface area (Å²) in [5.74, 6) is 0.115. The average Bonchev–Trinajstić information content (AvgIpc) is 2.66. The van der Waals surface area contributed by atoms with E-state index >= 15 is 0 Å². The van der Waals surface area contributed by atoms with Crippen molar-refractivity contribution in [3.63, 3.8) is 0 Å². The molecule has 0 aliphatic heterocycles. The van der Waals surface area contributed by atoms with Crippen molar-refractivity contribution in [2.24, 2.45) is 11.0 Å². The van der Waals surface area contributed by atoms with Gasteiger partial charge >= 0.3 is 5.97 Å². The molecule has 6 nitrogen and oxygen atoms in total. The van der Waals surface area contributed by atoms with Gasteiger partial charge in [-0.25, -0.2) is 10.2 Å². The van der Waals surface area contributed by atoms with Gasteiger partial charge in [-0.3, -0.25) is 4.79 Å². The number of hydrogen-bond donors (Lipinski definition) is 1. The zero-order valence-electron chi connectivity index (χ0n) is 16.1. The molecular weight excluding hydrogens is 344 g/mol. The number of carbonyl (C=O) groups excluding carboxylic acids is 2. The SMILES string of the molecule is C=C(C)[C@@H]1CC=C(C)/C(=N/NC(=O)COc2ccc(C(=O)OCC)cc2)C1. The van der Waals surface area contributed by atoms with E-state index in [1.807, 2.05) is 13.8 Å². The molecule has 144 valence electrons. The maximum absolute atomic E-state index is 12.0. The fourth-order valence-corrected chi connectivity index (χ4v) is 2.64. The fourth-order valence-electron chi connectivity index (χ4n) is 2.64. The van der Waals surface area contributed by atoms with Crippen LogP contribution in [0.25, 0.3) is 0 Å². The van der Waals surface area contributed by atoms with Crippen molar-refractivity contribution in [3.8, 4) is 5.75 Å². The lowest BCUT2D eigenvalue weighted by atomic mass is 9.85. The van der Waals surface area contributed by atoms with Gasteiger partial charge in [-0.05, 0) is 69.4 Å². The summed E-state index contributed by atoms with van der Waals surface area (Å²) in [6.45, 7) is 9.91. The molecule has 1 aliphatic rings. The predicted octanol–water partition coefficient (Wildman–Crippen LogP) is 3.65. The molecule has 1 aromatic rings. The molecule has 0 saturated heterocycles. The zero-order chi connectivity index (χ0) is 19.8. The minimum Gasteiger partial charge on any atom is -0.484 e. The molecule has 0 aromatic heterocycles. The number of hydrazone groups is 1. The number of allylic oxidation sites excluding steroid dienone is 3. The van der Waals surface area contributed by atoms with Gasteiger partial charge in [-0.15, -0.1) is 0 Å². The Morgan fingerprint density at radius 1 is 1.30 bits per heavy atom. The second kappa shape index (κ2) is 9.71. The van der Waals surface area contributed by atoms with E-state index in [0.29, 0.717) is 23.8 Å². The van der Waals surface area contributed by atoms with Crippen molar-refractivity contribution in [1.29, 1.82) is 0 Å². The Labute approximate surface area is 159 Å². The summed E-state index contributed by atoms with van der Waals surface area (Å²) in [5.41, 5.74) is 6.03. The highest BCUT2D eigenvalue weighted by Crippen LogP contribution is 2.26. The fraction of sp³-hybridized carbons (Fsp3) is 0.381. The molecule has 1 N–H and O–H groups in total. The number of nitrogens with one attached hydrogen (secondary N) is 1. The molecule has 27 heavy (non-hydrogen) atoms. The third-order valence-corrected chi connectivity index (χ3v) is 4.35. The molecular formula is C21H26N2O4. The monoisotopic (exact) mass is 370 g/mol. The van der Waals surface area contributed by atoms with Crippen LogP contribution in [-0.2, 0) is 9.53 Å². The first-order chi connectivity index (χ1) is 12.9. The molecule has 1 aromatic carbocycles. The number of hydrogen-bond acceptors (Lipinski definition) is 5. The first-order valence-electron chi connectivity index (χ1n) is 8.98. The minimum absolute atomic E-state index is 0.164. The highest BCUT2D eigenvalue weighted by molar-refractivity contribution is 6.01. The van der Waals surface area contributed by atoms with Crippen LogP contribution in [0.5, 0.6) is 5.75 Å². The Morgan fingerprint density at radius 2 is 2.00 bits per heavy atom. The normalized spacial score (nSPS) is 17.8. The van der Waals surface area contributed by atoms with Gasteiger partial charge in [0.05, 0.1) is 17.9 Å². The van der Waals surface area contributed by atoms with E-state index in [0.717, 1.165) is 29.7 Å². The summed E-state index contributed by atoms with van der Waals surface area (Å²) in [7, 11) is 0. The molecule has 1 atom stereocenters. The van der Waals surface area contributed by atoms with Gasteiger partial charge in [0, 0.05) is 0 Å². The van der Waals surface area contributed by atoms with Crippen LogP contribution in [0.4, 0.5) is 0 Å². The van der Waals surface area contributed by atoms with Crippen LogP contribution < -0.4 is 10.2 Å². The van der Waals surface area contributed by atoms with Gasteiger partial charge in [0.2, 0.25) is 0 Å². The first-order valence-corrected chi connectivity index (χ1v) is 8.98. The van der Waals surface area contributed by atoms with Gasteiger partial charge in [-0.1, -0.05) is 18.2 Å². The van der Waals surface area contributed by atoms with Gasteiger partial charge in [0.1, 0.15) is 5.75 Å². The van der Waals surface area contributed by atoms with Crippen LogP contribution in [0.1, 0.15) is 44.0 Å². The lowest BCUT2D eigenvalue weighted by Crippen LogP contribution is -2.27. The van der Waals surface area contributed by atoms with Crippen molar-refractivity contribution in [3.05, 3.63) is 53.6 Å². The smallest absolute Gasteiger partial charge is 0.338 e. The van der Waals surface area contributed by atoms with Crippen molar-refractivity contribution >= 4 is 17.6 Å². The topological polar surface area (TPSA) is 77.0 Å². The summed E-state index contributed by atoms with van der Waals surface area (Å²) in [6, 6.07) is 6.44. The lowest BCUT2D eigenvalue weighted by Gasteiger charge is -2.22. The number of ether oxygens (including phenoxy) is 2. The van der Waals surface area contributed by atoms with Crippen LogP contribution in [0.3, 0.4) is 0 Å². The van der Waals surface area contributed by atoms with Gasteiger partial charge < -0.3 is 9.47 Å². The molecule has 2 rings (SSSR count). The van der Waals surface area contributed by atoms with E-state index in [-0.39, 0.29) is 18.5 Å². The molecule has 0 bridgehead atoms. The molecule has 1 amide bonds. The second-order valence-electron chi connectivity index (χ2n) is 6.50. The van der Waals surface area contributed by atoms with Crippen LogP contribution >= 0.6 is 0 Å². The molecule has 0 fully saturated rings. The molecule has 0 spiro atoms. The van der Waals surface area contributed by atoms with E-state index in [1.165, 1.54) is 0 Å². The van der Waals surface area contributed by atoms with Gasteiger partial charge in [-0.2, -0.15) is 5.10 Å². The predicted molar refractivity (Wildman–Crippen MR) is 105 cm³/mol. The third-order valence-electron chi connectivity index (χ3n) is 4.35. The number of nitrogens with zero attached hydrogens (tertiary/aromatic N) is 1. The Kier molecular flexibility index (Phi) is 7.34. The summed E-state index contributed by atoms with van der Waals surface area (Å²) in [4.78, 5) is 23.6. The van der Waals surface area contributed by atoms with Gasteiger partial charge in [0.15, 0.2) is 6.61 Å². The maximum atomic E-state index is 12.0. The number of amides is 1. The highest BCUT2D eigenvalue weighted by atomic mass is 16.5. The Bertz CT molecular complexity index is 763. The molecule has 0 unspecified atom stereocenters. The number of esters is 1. The average molecular weight is 370 g/mol. The molecule has 0 radical (unpaired) electrons. The van der Waals surface area contributed by atoms with Crippen molar-refractivity contribution in [2.75, 3.05) is 13.2 Å². The first kappa shape index (κ1) is 20.4. The third kappa shape index (κ3) is 6.09. The van der Waals surface area contributed by atoms with E-state index in [1.54, 1.807) is 31.2 Å². The molecule has 6 heteroatoms. The second-order valence-corrected chi connectivity index (χ2v) is 6.50. The van der Waals surface area contributed by atoms with E-state index in [9.17, 15) is 9.59 Å². The van der Waals surface area contributed by atoms with Crippen molar-refractivity contribution in [2.45, 2.75) is 33.6 Å². The molecule has 1 aliphatic carbocycles. The number of carbonyl (C=O) groups is 2. The Balaban J connectivity index is 1.85. The van der Waals surface area contributed by atoms with Crippen molar-refractivity contribution in [1.82, 2.24) is 5.43 Å². The quantitative estimate of drug-likeness (QED) is 0.451. The summed E-state index contributed by atoms with van der Waals surface area (Å²) in [6.07, 6.45) is 3.85. The van der Waals surface area contributed by atoms with E-state index in [2.05, 4.69) is 23.2 Å². The Hall–Kier alpha value is -2.89. The van der Waals surface area contributed by atoms with Crippen LogP contribution in [0, 0.1) is 5.92 Å². The summed E-state index contributed by atoms with van der Waals surface area (Å²) in [5, 5.41) is 4.23. The zero-order valence-corrected chi connectivity index (χ0v) is 16.1. The summed E-state index contributed by atoms with van der Waals surface area (Å²) < 4.78 is 10.3. The summed E-state index contributed by atoms with van der Waals surface area (Å²) >= 11 is 0. The standard InChI is InChI=1S/C21H26N2O4/c1-5-26-21(25)16-8-10-18(11-9-16)27-13-20(24)23-22-19-12-17(14(2)3)7-6-15(19)4/h6,8-11,17H,2,5,7,12-13H2,1,3-4H3,(H,23,24)/b22-19+/t17-/m1/s1. The lowest BCUT2D eigenvalue weighted by molar-refractivity contribution is -0.123. The molecule has 0 heterocycles.